The molecule has 0 bridgehead atoms. The van der Waals surface area contributed by atoms with Crippen molar-refractivity contribution in [1.29, 1.82) is 0 Å². The van der Waals surface area contributed by atoms with Gasteiger partial charge in [-0.3, -0.25) is 4.98 Å². The number of hydrogen-bond donors (Lipinski definition) is 2. The lowest BCUT2D eigenvalue weighted by Crippen LogP contribution is -2.29. The van der Waals surface area contributed by atoms with Gasteiger partial charge < -0.3 is 24.6 Å². The fourth-order valence-corrected chi connectivity index (χ4v) is 4.72. The van der Waals surface area contributed by atoms with E-state index in [1.54, 1.807) is 36.5 Å². The molecule has 0 saturated carbocycles. The Morgan fingerprint density at radius 1 is 1.03 bits per heavy atom. The molecule has 0 unspecified atom stereocenters. The summed E-state index contributed by atoms with van der Waals surface area (Å²) in [4.78, 5) is 20.4. The Labute approximate surface area is 208 Å². The monoisotopic (exact) mass is 484 g/mol. The van der Waals surface area contributed by atoms with E-state index in [4.69, 9.17) is 16.6 Å². The van der Waals surface area contributed by atoms with Crippen molar-refractivity contribution in [2.45, 2.75) is 12.1 Å². The van der Waals surface area contributed by atoms with Crippen molar-refractivity contribution in [2.24, 2.45) is 0 Å². The number of carboxylic acids is 1. The molecule has 0 aliphatic carbocycles. The summed E-state index contributed by atoms with van der Waals surface area (Å²) in [6, 6.07) is 23.8. The highest BCUT2D eigenvalue weighted by Gasteiger charge is 2.42. The van der Waals surface area contributed by atoms with Gasteiger partial charge in [0.25, 0.3) is 0 Å². The van der Waals surface area contributed by atoms with Gasteiger partial charge in [0.15, 0.2) is 5.11 Å². The number of pyridine rings is 1. The molecule has 2 atom stereocenters. The molecule has 0 radical (unpaired) electrons. The van der Waals surface area contributed by atoms with Gasteiger partial charge in [-0.15, -0.1) is 0 Å². The van der Waals surface area contributed by atoms with Gasteiger partial charge in [-0.1, -0.05) is 24.3 Å². The van der Waals surface area contributed by atoms with Crippen LogP contribution in [0, 0.1) is 0 Å². The Balaban J connectivity index is 1.60. The van der Waals surface area contributed by atoms with Crippen LogP contribution in [-0.2, 0) is 0 Å². The van der Waals surface area contributed by atoms with E-state index in [-0.39, 0.29) is 17.6 Å². The second-order valence-electron chi connectivity index (χ2n) is 8.46. The lowest BCUT2D eigenvalue weighted by Gasteiger charge is -2.26. The lowest BCUT2D eigenvalue weighted by atomic mass is 10.0. The summed E-state index contributed by atoms with van der Waals surface area (Å²) in [5, 5.41) is 13.6. The minimum Gasteiger partial charge on any atom is -0.478 e. The predicted molar refractivity (Wildman–Crippen MR) is 140 cm³/mol. The molecule has 3 heterocycles. The zero-order valence-corrected chi connectivity index (χ0v) is 20.1. The van der Waals surface area contributed by atoms with E-state index in [1.807, 2.05) is 72.4 Å². The first-order chi connectivity index (χ1) is 16.9. The molecule has 35 heavy (non-hydrogen) atoms. The highest BCUT2D eigenvalue weighted by atomic mass is 32.1. The summed E-state index contributed by atoms with van der Waals surface area (Å²) in [7, 11) is 3.99. The van der Waals surface area contributed by atoms with Crippen LogP contribution in [0.15, 0.2) is 89.5 Å². The number of benzene rings is 2. The third-order valence-electron chi connectivity index (χ3n) is 6.08. The van der Waals surface area contributed by atoms with Crippen molar-refractivity contribution in [1.82, 2.24) is 10.3 Å². The van der Waals surface area contributed by atoms with E-state index in [0.29, 0.717) is 22.2 Å². The summed E-state index contributed by atoms with van der Waals surface area (Å²) in [5.74, 6) is 0.134. The average molecular weight is 485 g/mol. The number of aromatic nitrogens is 1. The molecule has 0 spiro atoms. The van der Waals surface area contributed by atoms with Crippen LogP contribution in [0.5, 0.6) is 0 Å². The zero-order valence-electron chi connectivity index (χ0n) is 19.3. The molecule has 7 nitrogen and oxygen atoms in total. The number of nitrogens with one attached hydrogen (secondary N) is 1. The van der Waals surface area contributed by atoms with E-state index < -0.39 is 5.97 Å². The molecule has 1 fully saturated rings. The van der Waals surface area contributed by atoms with Gasteiger partial charge in [0.2, 0.25) is 0 Å². The van der Waals surface area contributed by atoms with Crippen molar-refractivity contribution in [3.05, 3.63) is 102 Å². The first kappa shape index (κ1) is 22.6. The smallest absolute Gasteiger partial charge is 0.336 e. The van der Waals surface area contributed by atoms with Crippen LogP contribution in [0.4, 0.5) is 11.4 Å². The highest BCUT2D eigenvalue weighted by Crippen LogP contribution is 2.43. The summed E-state index contributed by atoms with van der Waals surface area (Å²) in [6.07, 6.45) is 1.75. The number of hydrogen-bond acceptors (Lipinski definition) is 5. The number of carboxylic acid groups (broad SMARTS) is 1. The third kappa shape index (κ3) is 4.24. The van der Waals surface area contributed by atoms with Crippen LogP contribution in [0.1, 0.15) is 33.9 Å². The maximum absolute atomic E-state index is 11.8. The van der Waals surface area contributed by atoms with Crippen LogP contribution in [0.2, 0.25) is 0 Å². The molecule has 176 valence electrons. The number of aromatic carboxylic acids is 1. The Morgan fingerprint density at radius 2 is 1.77 bits per heavy atom. The quantitative estimate of drug-likeness (QED) is 0.358. The summed E-state index contributed by atoms with van der Waals surface area (Å²) in [5.41, 5.74) is 3.54. The first-order valence-electron chi connectivity index (χ1n) is 11.1. The average Bonchev–Trinajstić information content (AvgIpc) is 3.49. The number of anilines is 2. The van der Waals surface area contributed by atoms with Crippen molar-refractivity contribution < 1.29 is 14.3 Å². The molecular weight excluding hydrogens is 460 g/mol. The zero-order chi connectivity index (χ0) is 24.5. The first-order valence-corrected chi connectivity index (χ1v) is 11.6. The largest absolute Gasteiger partial charge is 0.478 e. The number of carbonyl (C=O) groups is 1. The summed E-state index contributed by atoms with van der Waals surface area (Å²) >= 11 is 5.77. The van der Waals surface area contributed by atoms with Gasteiger partial charge in [-0.25, -0.2) is 4.79 Å². The number of thiocarbonyl (C=S) groups is 1. The van der Waals surface area contributed by atoms with Crippen LogP contribution in [0.3, 0.4) is 0 Å². The molecule has 8 heteroatoms. The minimum absolute atomic E-state index is 0.186. The lowest BCUT2D eigenvalue weighted by molar-refractivity contribution is 0.0697. The second-order valence-corrected chi connectivity index (χ2v) is 8.85. The molecule has 1 aliphatic heterocycles. The van der Waals surface area contributed by atoms with E-state index in [2.05, 4.69) is 10.3 Å². The molecule has 5 rings (SSSR count). The normalized spacial score (nSPS) is 17.3. The van der Waals surface area contributed by atoms with Gasteiger partial charge in [-0.2, -0.15) is 0 Å². The standard InChI is InChI=1S/C27H24N4O3S/c1-30(2)17-10-12-18(13-11-17)31-25(24(29-27(31)35)21-9-5-6-16-28-21)23-15-14-22(34-23)19-7-3-4-8-20(19)26(32)33/h3-16,24-25H,1-2H3,(H,29,35)(H,32,33)/t24-,25+/m1/s1. The fourth-order valence-electron chi connectivity index (χ4n) is 4.37. The third-order valence-corrected chi connectivity index (χ3v) is 6.40. The van der Waals surface area contributed by atoms with Gasteiger partial charge >= 0.3 is 5.97 Å². The number of nitrogens with zero attached hydrogens (tertiary/aromatic N) is 3. The molecule has 1 saturated heterocycles. The van der Waals surface area contributed by atoms with Crippen LogP contribution < -0.4 is 15.1 Å². The maximum Gasteiger partial charge on any atom is 0.336 e. The van der Waals surface area contributed by atoms with Crippen LogP contribution in [0.25, 0.3) is 11.3 Å². The molecule has 2 N–H and O–H groups in total. The van der Waals surface area contributed by atoms with E-state index in [1.165, 1.54) is 0 Å². The van der Waals surface area contributed by atoms with E-state index in [0.717, 1.165) is 17.1 Å². The maximum atomic E-state index is 11.8. The van der Waals surface area contributed by atoms with Crippen LogP contribution in [-0.4, -0.2) is 35.3 Å². The number of rotatable bonds is 6. The van der Waals surface area contributed by atoms with E-state index in [9.17, 15) is 9.90 Å². The van der Waals surface area contributed by atoms with Crippen molar-refractivity contribution in [2.75, 3.05) is 23.9 Å². The Kier molecular flexibility index (Phi) is 5.96. The van der Waals surface area contributed by atoms with Crippen molar-refractivity contribution >= 4 is 34.7 Å². The minimum atomic E-state index is -1.00. The number of furan rings is 1. The van der Waals surface area contributed by atoms with Crippen LogP contribution >= 0.6 is 12.2 Å². The van der Waals surface area contributed by atoms with Gasteiger partial charge in [0.1, 0.15) is 17.6 Å². The fraction of sp³-hybridized carbons (Fsp3) is 0.148. The van der Waals surface area contributed by atoms with Gasteiger partial charge in [0, 0.05) is 37.2 Å². The van der Waals surface area contributed by atoms with E-state index >= 15 is 0 Å². The Bertz CT molecular complexity index is 1370. The predicted octanol–water partition coefficient (Wildman–Crippen LogP) is 5.28. The molecule has 0 amide bonds. The second kappa shape index (κ2) is 9.23. The Hall–Kier alpha value is -4.17. The van der Waals surface area contributed by atoms with Gasteiger partial charge in [0.05, 0.1) is 17.3 Å². The Morgan fingerprint density at radius 3 is 2.46 bits per heavy atom. The molecule has 2 aromatic heterocycles. The SMILES string of the molecule is CN(C)c1ccc(N2C(=S)N[C@H](c3ccccn3)[C@@H]2c2ccc(-c3ccccc3C(=O)O)o2)cc1. The summed E-state index contributed by atoms with van der Waals surface area (Å²) in [6.45, 7) is 0. The summed E-state index contributed by atoms with van der Waals surface area (Å²) < 4.78 is 6.32. The topological polar surface area (TPSA) is 81.8 Å². The molecule has 4 aromatic rings. The molecule has 1 aliphatic rings. The van der Waals surface area contributed by atoms with Crippen molar-refractivity contribution in [3.8, 4) is 11.3 Å². The highest BCUT2D eigenvalue weighted by molar-refractivity contribution is 7.80. The van der Waals surface area contributed by atoms with Crippen molar-refractivity contribution in [3.63, 3.8) is 0 Å². The molecule has 2 aromatic carbocycles. The molecular formula is C27H24N4O3S. The van der Waals surface area contributed by atoms with Gasteiger partial charge in [-0.05, 0) is 66.8 Å².